The van der Waals surface area contributed by atoms with Crippen molar-refractivity contribution >= 4 is 5.91 Å². The SMILES string of the molecule is CC(C)C[C@H]1NC(=O)CC[C@@H]1O. The largest absolute Gasteiger partial charge is 0.391 e. The molecule has 0 aromatic carbocycles. The zero-order valence-electron chi connectivity index (χ0n) is 7.71. The summed E-state index contributed by atoms with van der Waals surface area (Å²) in [5.41, 5.74) is 0. The van der Waals surface area contributed by atoms with E-state index in [4.69, 9.17) is 0 Å². The van der Waals surface area contributed by atoms with Crippen LogP contribution in [0.4, 0.5) is 0 Å². The molecule has 3 heteroatoms. The highest BCUT2D eigenvalue weighted by Crippen LogP contribution is 2.15. The summed E-state index contributed by atoms with van der Waals surface area (Å²) in [5.74, 6) is 0.592. The van der Waals surface area contributed by atoms with Gasteiger partial charge < -0.3 is 10.4 Å². The first-order valence-corrected chi connectivity index (χ1v) is 4.57. The van der Waals surface area contributed by atoms with E-state index in [0.29, 0.717) is 18.8 Å². The van der Waals surface area contributed by atoms with Gasteiger partial charge >= 0.3 is 0 Å². The van der Waals surface area contributed by atoms with Crippen LogP contribution < -0.4 is 5.32 Å². The quantitative estimate of drug-likeness (QED) is 0.641. The van der Waals surface area contributed by atoms with Gasteiger partial charge in [-0.2, -0.15) is 0 Å². The molecule has 0 saturated carbocycles. The summed E-state index contributed by atoms with van der Waals surface area (Å²) in [6, 6.07) is -0.0220. The summed E-state index contributed by atoms with van der Waals surface area (Å²) in [6.07, 6.45) is 1.61. The Morgan fingerprint density at radius 3 is 2.92 bits per heavy atom. The summed E-state index contributed by atoms with van der Waals surface area (Å²) in [7, 11) is 0. The Labute approximate surface area is 73.2 Å². The van der Waals surface area contributed by atoms with Gasteiger partial charge in [0.05, 0.1) is 12.1 Å². The molecule has 0 aromatic rings. The Morgan fingerprint density at radius 2 is 2.33 bits per heavy atom. The average Bonchev–Trinajstić information content (AvgIpc) is 1.96. The third-order valence-electron chi connectivity index (χ3n) is 2.20. The molecule has 1 heterocycles. The number of piperidine rings is 1. The number of rotatable bonds is 2. The molecule has 12 heavy (non-hydrogen) atoms. The minimum Gasteiger partial charge on any atom is -0.391 e. The van der Waals surface area contributed by atoms with Crippen molar-refractivity contribution in [3.8, 4) is 0 Å². The standard InChI is InChI=1S/C9H17NO2/c1-6(2)5-7-8(11)3-4-9(12)10-7/h6-8,11H,3-5H2,1-2H3,(H,10,12)/t7-,8+/m1/s1. The van der Waals surface area contributed by atoms with Crippen LogP contribution in [-0.4, -0.2) is 23.2 Å². The third-order valence-corrected chi connectivity index (χ3v) is 2.20. The highest BCUT2D eigenvalue weighted by atomic mass is 16.3. The van der Waals surface area contributed by atoms with Gasteiger partial charge in [0.15, 0.2) is 0 Å². The average molecular weight is 171 g/mol. The molecule has 1 amide bonds. The van der Waals surface area contributed by atoms with Crippen LogP contribution >= 0.6 is 0 Å². The molecule has 1 fully saturated rings. The minimum atomic E-state index is -0.343. The number of hydrogen-bond donors (Lipinski definition) is 2. The Kier molecular flexibility index (Phi) is 3.09. The molecular weight excluding hydrogens is 154 g/mol. The lowest BCUT2D eigenvalue weighted by molar-refractivity contribution is -0.126. The lowest BCUT2D eigenvalue weighted by atomic mass is 9.93. The summed E-state index contributed by atoms with van der Waals surface area (Å²) >= 11 is 0. The molecule has 0 spiro atoms. The first-order valence-electron chi connectivity index (χ1n) is 4.57. The summed E-state index contributed by atoms with van der Waals surface area (Å²) in [6.45, 7) is 4.18. The number of amides is 1. The van der Waals surface area contributed by atoms with Crippen molar-refractivity contribution < 1.29 is 9.90 Å². The van der Waals surface area contributed by atoms with Gasteiger partial charge in [-0.3, -0.25) is 4.79 Å². The molecule has 1 aliphatic heterocycles. The smallest absolute Gasteiger partial charge is 0.220 e. The highest BCUT2D eigenvalue weighted by molar-refractivity contribution is 5.77. The summed E-state index contributed by atoms with van der Waals surface area (Å²) in [4.78, 5) is 11.0. The molecular formula is C9H17NO2. The molecule has 1 saturated heterocycles. The molecule has 0 aromatic heterocycles. The van der Waals surface area contributed by atoms with E-state index in [1.807, 2.05) is 0 Å². The van der Waals surface area contributed by atoms with Crippen molar-refractivity contribution in [3.63, 3.8) is 0 Å². The van der Waals surface area contributed by atoms with Gasteiger partial charge in [-0.25, -0.2) is 0 Å². The monoisotopic (exact) mass is 171 g/mol. The van der Waals surface area contributed by atoms with Crippen LogP contribution in [0.2, 0.25) is 0 Å². The number of carbonyl (C=O) groups is 1. The first kappa shape index (κ1) is 9.52. The second-order valence-electron chi connectivity index (χ2n) is 3.91. The number of hydrogen-bond acceptors (Lipinski definition) is 2. The molecule has 0 aliphatic carbocycles. The highest BCUT2D eigenvalue weighted by Gasteiger charge is 2.26. The Hall–Kier alpha value is -0.570. The molecule has 1 rings (SSSR count). The Morgan fingerprint density at radius 1 is 1.67 bits per heavy atom. The molecule has 0 radical (unpaired) electrons. The molecule has 1 aliphatic rings. The second-order valence-corrected chi connectivity index (χ2v) is 3.91. The van der Waals surface area contributed by atoms with Crippen molar-refractivity contribution in [2.75, 3.05) is 0 Å². The van der Waals surface area contributed by atoms with Crippen molar-refractivity contribution in [3.05, 3.63) is 0 Å². The number of carbonyl (C=O) groups excluding carboxylic acids is 1. The fourth-order valence-corrected chi connectivity index (χ4v) is 1.58. The Bertz CT molecular complexity index is 168. The molecule has 3 nitrogen and oxygen atoms in total. The van der Waals surface area contributed by atoms with Crippen molar-refractivity contribution in [2.45, 2.75) is 45.3 Å². The summed E-state index contributed by atoms with van der Waals surface area (Å²) < 4.78 is 0. The molecule has 70 valence electrons. The normalized spacial score (nSPS) is 30.5. The molecule has 0 bridgehead atoms. The predicted molar refractivity (Wildman–Crippen MR) is 46.6 cm³/mol. The van der Waals surface area contributed by atoms with E-state index in [1.165, 1.54) is 0 Å². The van der Waals surface area contributed by atoms with E-state index >= 15 is 0 Å². The number of nitrogens with one attached hydrogen (secondary N) is 1. The van der Waals surface area contributed by atoms with Gasteiger partial charge in [0.1, 0.15) is 0 Å². The zero-order chi connectivity index (χ0) is 9.14. The van der Waals surface area contributed by atoms with Gasteiger partial charge in [0.25, 0.3) is 0 Å². The number of aliphatic hydroxyl groups is 1. The van der Waals surface area contributed by atoms with Gasteiger partial charge in [-0.15, -0.1) is 0 Å². The van der Waals surface area contributed by atoms with Gasteiger partial charge in [-0.1, -0.05) is 13.8 Å². The van der Waals surface area contributed by atoms with Crippen LogP contribution in [0.1, 0.15) is 33.1 Å². The summed E-state index contributed by atoms with van der Waals surface area (Å²) in [5, 5.41) is 12.3. The van der Waals surface area contributed by atoms with Gasteiger partial charge in [-0.05, 0) is 18.8 Å². The van der Waals surface area contributed by atoms with E-state index in [9.17, 15) is 9.90 Å². The topological polar surface area (TPSA) is 49.3 Å². The van der Waals surface area contributed by atoms with Crippen LogP contribution in [0.15, 0.2) is 0 Å². The van der Waals surface area contributed by atoms with E-state index in [-0.39, 0.29) is 18.1 Å². The van der Waals surface area contributed by atoms with Crippen LogP contribution in [-0.2, 0) is 4.79 Å². The van der Waals surface area contributed by atoms with Gasteiger partial charge in [0.2, 0.25) is 5.91 Å². The first-order chi connectivity index (χ1) is 5.59. The maximum Gasteiger partial charge on any atom is 0.220 e. The second kappa shape index (κ2) is 3.90. The van der Waals surface area contributed by atoms with Crippen molar-refractivity contribution in [1.29, 1.82) is 0 Å². The predicted octanol–water partition coefficient (Wildman–Crippen LogP) is 0.672. The van der Waals surface area contributed by atoms with Crippen molar-refractivity contribution in [1.82, 2.24) is 5.32 Å². The van der Waals surface area contributed by atoms with E-state index in [2.05, 4.69) is 19.2 Å². The third kappa shape index (κ3) is 2.48. The van der Waals surface area contributed by atoms with Gasteiger partial charge in [0, 0.05) is 6.42 Å². The van der Waals surface area contributed by atoms with E-state index in [1.54, 1.807) is 0 Å². The zero-order valence-corrected chi connectivity index (χ0v) is 7.71. The van der Waals surface area contributed by atoms with Crippen LogP contribution in [0.3, 0.4) is 0 Å². The van der Waals surface area contributed by atoms with E-state index in [0.717, 1.165) is 6.42 Å². The lowest BCUT2D eigenvalue weighted by Crippen LogP contribution is -2.48. The maximum absolute atomic E-state index is 11.0. The van der Waals surface area contributed by atoms with Crippen LogP contribution in [0.25, 0.3) is 0 Å². The van der Waals surface area contributed by atoms with E-state index < -0.39 is 0 Å². The molecule has 2 N–H and O–H groups in total. The Balaban J connectivity index is 2.43. The fraction of sp³-hybridized carbons (Fsp3) is 0.889. The molecule has 2 atom stereocenters. The van der Waals surface area contributed by atoms with Crippen LogP contribution in [0, 0.1) is 5.92 Å². The number of aliphatic hydroxyl groups excluding tert-OH is 1. The van der Waals surface area contributed by atoms with Crippen LogP contribution in [0.5, 0.6) is 0 Å². The fourth-order valence-electron chi connectivity index (χ4n) is 1.58. The maximum atomic E-state index is 11.0. The molecule has 0 unspecified atom stereocenters. The minimum absolute atomic E-state index is 0.0220. The lowest BCUT2D eigenvalue weighted by Gasteiger charge is -2.29. The van der Waals surface area contributed by atoms with Crippen molar-refractivity contribution in [2.24, 2.45) is 5.92 Å².